The standard InChI is InChI=1S/C18H30N2/c1-14(2)19-11-16-5-7-17(8-6-16)12-20(15(3)4)13-18-9-10-18/h5-8,14-15,18-19H,9-13H2,1-4H3. The summed E-state index contributed by atoms with van der Waals surface area (Å²) in [4.78, 5) is 2.61. The van der Waals surface area contributed by atoms with Crippen LogP contribution in [0.2, 0.25) is 0 Å². The van der Waals surface area contributed by atoms with Crippen LogP contribution in [0.15, 0.2) is 24.3 Å². The van der Waals surface area contributed by atoms with Crippen LogP contribution in [0.3, 0.4) is 0 Å². The maximum Gasteiger partial charge on any atom is 0.0236 e. The van der Waals surface area contributed by atoms with Gasteiger partial charge in [0.15, 0.2) is 0 Å². The highest BCUT2D eigenvalue weighted by atomic mass is 15.1. The summed E-state index contributed by atoms with van der Waals surface area (Å²) in [6, 6.07) is 10.3. The topological polar surface area (TPSA) is 15.3 Å². The predicted molar refractivity (Wildman–Crippen MR) is 86.7 cm³/mol. The van der Waals surface area contributed by atoms with Gasteiger partial charge >= 0.3 is 0 Å². The van der Waals surface area contributed by atoms with Crippen molar-refractivity contribution in [2.45, 2.75) is 65.7 Å². The third kappa shape index (κ3) is 5.26. The zero-order valence-electron chi connectivity index (χ0n) is 13.5. The number of rotatable bonds is 8. The molecule has 1 aliphatic carbocycles. The first-order valence-corrected chi connectivity index (χ1v) is 8.10. The van der Waals surface area contributed by atoms with E-state index in [9.17, 15) is 0 Å². The minimum absolute atomic E-state index is 0.546. The Balaban J connectivity index is 1.87. The number of benzene rings is 1. The molecule has 0 heterocycles. The lowest BCUT2D eigenvalue weighted by Crippen LogP contribution is -2.32. The van der Waals surface area contributed by atoms with E-state index in [0.29, 0.717) is 12.1 Å². The van der Waals surface area contributed by atoms with Crippen molar-refractivity contribution >= 4 is 0 Å². The van der Waals surface area contributed by atoms with Gasteiger partial charge in [-0.25, -0.2) is 0 Å². The molecule has 1 fully saturated rings. The second kappa shape index (κ2) is 7.24. The monoisotopic (exact) mass is 274 g/mol. The van der Waals surface area contributed by atoms with Crippen molar-refractivity contribution in [3.63, 3.8) is 0 Å². The van der Waals surface area contributed by atoms with Gasteiger partial charge in [-0.3, -0.25) is 4.90 Å². The fourth-order valence-electron chi connectivity index (χ4n) is 2.41. The van der Waals surface area contributed by atoms with Crippen molar-refractivity contribution in [2.24, 2.45) is 5.92 Å². The van der Waals surface area contributed by atoms with Crippen LogP contribution >= 0.6 is 0 Å². The Morgan fingerprint density at radius 1 is 1.05 bits per heavy atom. The van der Waals surface area contributed by atoms with Gasteiger partial charge in [0, 0.05) is 31.7 Å². The second-order valence-corrected chi connectivity index (χ2v) is 6.82. The molecule has 0 bridgehead atoms. The van der Waals surface area contributed by atoms with E-state index in [4.69, 9.17) is 0 Å². The summed E-state index contributed by atoms with van der Waals surface area (Å²) in [5.74, 6) is 0.965. The normalized spacial score (nSPS) is 15.6. The molecule has 0 aliphatic heterocycles. The van der Waals surface area contributed by atoms with E-state index in [1.165, 1.54) is 30.5 Å². The fraction of sp³-hybridized carbons (Fsp3) is 0.667. The highest BCUT2D eigenvalue weighted by Gasteiger charge is 2.25. The van der Waals surface area contributed by atoms with Gasteiger partial charge in [0.05, 0.1) is 0 Å². The third-order valence-corrected chi connectivity index (χ3v) is 4.04. The molecule has 0 atom stereocenters. The van der Waals surface area contributed by atoms with Gasteiger partial charge in [-0.2, -0.15) is 0 Å². The van der Waals surface area contributed by atoms with Crippen LogP contribution in [0, 0.1) is 5.92 Å². The molecular weight excluding hydrogens is 244 g/mol. The van der Waals surface area contributed by atoms with Crippen molar-refractivity contribution < 1.29 is 0 Å². The van der Waals surface area contributed by atoms with Gasteiger partial charge in [-0.15, -0.1) is 0 Å². The van der Waals surface area contributed by atoms with Gasteiger partial charge in [-0.1, -0.05) is 38.1 Å². The lowest BCUT2D eigenvalue weighted by atomic mass is 10.1. The van der Waals surface area contributed by atoms with Crippen molar-refractivity contribution in [3.05, 3.63) is 35.4 Å². The van der Waals surface area contributed by atoms with E-state index < -0.39 is 0 Å². The molecule has 0 radical (unpaired) electrons. The van der Waals surface area contributed by atoms with Gasteiger partial charge < -0.3 is 5.32 Å². The van der Waals surface area contributed by atoms with Crippen LogP contribution in [0.4, 0.5) is 0 Å². The molecule has 1 aromatic rings. The van der Waals surface area contributed by atoms with E-state index in [0.717, 1.165) is 19.0 Å². The molecule has 1 saturated carbocycles. The van der Waals surface area contributed by atoms with Crippen molar-refractivity contribution in [3.8, 4) is 0 Å². The second-order valence-electron chi connectivity index (χ2n) is 6.82. The summed E-state index contributed by atoms with van der Waals surface area (Å²) in [6.45, 7) is 12.3. The molecule has 112 valence electrons. The smallest absolute Gasteiger partial charge is 0.0236 e. The van der Waals surface area contributed by atoms with E-state index >= 15 is 0 Å². The Kier molecular flexibility index (Phi) is 5.62. The van der Waals surface area contributed by atoms with Gasteiger partial charge in [-0.05, 0) is 43.7 Å². The quantitative estimate of drug-likeness (QED) is 0.775. The number of hydrogen-bond acceptors (Lipinski definition) is 2. The summed E-state index contributed by atoms with van der Waals surface area (Å²) < 4.78 is 0. The predicted octanol–water partition coefficient (Wildman–Crippen LogP) is 3.81. The van der Waals surface area contributed by atoms with E-state index in [1.54, 1.807) is 0 Å². The minimum atomic E-state index is 0.546. The van der Waals surface area contributed by atoms with Crippen LogP contribution in [0.5, 0.6) is 0 Å². The average Bonchev–Trinajstić information content (AvgIpc) is 3.21. The van der Waals surface area contributed by atoms with E-state index in [2.05, 4.69) is 62.2 Å². The summed E-state index contributed by atoms with van der Waals surface area (Å²) in [5.41, 5.74) is 2.81. The van der Waals surface area contributed by atoms with Crippen LogP contribution in [0.1, 0.15) is 51.7 Å². The SMILES string of the molecule is CC(C)NCc1ccc(CN(CC2CC2)C(C)C)cc1. The summed E-state index contributed by atoms with van der Waals surface area (Å²) in [5, 5.41) is 3.46. The first-order chi connectivity index (χ1) is 9.54. The Hall–Kier alpha value is -0.860. The van der Waals surface area contributed by atoms with Crippen LogP contribution in [-0.2, 0) is 13.1 Å². The maximum absolute atomic E-state index is 3.46. The molecule has 0 amide bonds. The van der Waals surface area contributed by atoms with Gasteiger partial charge in [0.25, 0.3) is 0 Å². The Labute approximate surface area is 124 Å². The summed E-state index contributed by atoms with van der Waals surface area (Å²) in [7, 11) is 0. The minimum Gasteiger partial charge on any atom is -0.310 e. The highest BCUT2D eigenvalue weighted by molar-refractivity contribution is 5.22. The van der Waals surface area contributed by atoms with Crippen molar-refractivity contribution in [1.82, 2.24) is 10.2 Å². The fourth-order valence-corrected chi connectivity index (χ4v) is 2.41. The van der Waals surface area contributed by atoms with Gasteiger partial charge in [0.1, 0.15) is 0 Å². The molecule has 1 aromatic carbocycles. The molecule has 2 rings (SSSR count). The maximum atomic E-state index is 3.46. The number of nitrogens with zero attached hydrogens (tertiary/aromatic N) is 1. The lowest BCUT2D eigenvalue weighted by Gasteiger charge is -2.26. The Morgan fingerprint density at radius 3 is 2.15 bits per heavy atom. The molecular formula is C18H30N2. The molecule has 2 nitrogen and oxygen atoms in total. The number of hydrogen-bond donors (Lipinski definition) is 1. The van der Waals surface area contributed by atoms with E-state index in [-0.39, 0.29) is 0 Å². The zero-order valence-corrected chi connectivity index (χ0v) is 13.5. The zero-order chi connectivity index (χ0) is 14.5. The third-order valence-electron chi connectivity index (χ3n) is 4.04. The molecule has 2 heteroatoms. The summed E-state index contributed by atoms with van der Waals surface area (Å²) >= 11 is 0. The molecule has 0 aromatic heterocycles. The highest BCUT2D eigenvalue weighted by Crippen LogP contribution is 2.30. The largest absolute Gasteiger partial charge is 0.310 e. The molecule has 1 aliphatic rings. The number of nitrogens with one attached hydrogen (secondary N) is 1. The van der Waals surface area contributed by atoms with Crippen LogP contribution < -0.4 is 5.32 Å². The molecule has 0 unspecified atom stereocenters. The van der Waals surface area contributed by atoms with Crippen molar-refractivity contribution in [2.75, 3.05) is 6.54 Å². The lowest BCUT2D eigenvalue weighted by molar-refractivity contribution is 0.204. The Bertz CT molecular complexity index is 390. The van der Waals surface area contributed by atoms with Gasteiger partial charge in [0.2, 0.25) is 0 Å². The first-order valence-electron chi connectivity index (χ1n) is 8.10. The molecule has 0 spiro atoms. The molecule has 0 saturated heterocycles. The van der Waals surface area contributed by atoms with Crippen LogP contribution in [-0.4, -0.2) is 23.5 Å². The van der Waals surface area contributed by atoms with Crippen LogP contribution in [0.25, 0.3) is 0 Å². The summed E-state index contributed by atoms with van der Waals surface area (Å²) in [6.07, 6.45) is 2.87. The van der Waals surface area contributed by atoms with Crippen molar-refractivity contribution in [1.29, 1.82) is 0 Å². The average molecular weight is 274 g/mol. The Morgan fingerprint density at radius 2 is 1.65 bits per heavy atom. The first kappa shape index (κ1) is 15.5. The van der Waals surface area contributed by atoms with E-state index in [1.807, 2.05) is 0 Å². The molecule has 20 heavy (non-hydrogen) atoms. The molecule has 1 N–H and O–H groups in total.